The van der Waals surface area contributed by atoms with E-state index in [1.807, 2.05) is 12.1 Å². The zero-order valence-corrected chi connectivity index (χ0v) is 14.9. The molecule has 0 fully saturated rings. The van der Waals surface area contributed by atoms with Crippen molar-refractivity contribution in [1.82, 2.24) is 4.98 Å². The molecule has 0 atom stereocenters. The number of para-hydroxylation sites is 1. The summed E-state index contributed by atoms with van der Waals surface area (Å²) in [4.78, 5) is 3.74. The van der Waals surface area contributed by atoms with Gasteiger partial charge in [-0.15, -0.1) is 0 Å². The monoisotopic (exact) mass is 347 g/mol. The summed E-state index contributed by atoms with van der Waals surface area (Å²) in [6.45, 7) is 2.12. The molecule has 0 bridgehead atoms. The molecule has 4 aromatic carbocycles. The summed E-state index contributed by atoms with van der Waals surface area (Å²) in [5.41, 5.74) is 6.99. The van der Waals surface area contributed by atoms with Crippen LogP contribution in [0.3, 0.4) is 0 Å². The van der Waals surface area contributed by atoms with Crippen LogP contribution in [0.2, 0.25) is 0 Å². The summed E-state index contributed by atoms with van der Waals surface area (Å²) >= 11 is 0. The van der Waals surface area contributed by atoms with Gasteiger partial charge < -0.3 is 9.72 Å². The predicted molar refractivity (Wildman–Crippen MR) is 111 cm³/mol. The van der Waals surface area contributed by atoms with Gasteiger partial charge >= 0.3 is 0 Å². The van der Waals surface area contributed by atoms with E-state index in [1.54, 1.807) is 0 Å². The van der Waals surface area contributed by atoms with E-state index in [0.717, 1.165) is 28.3 Å². The minimum absolute atomic E-state index is 0.891. The van der Waals surface area contributed by atoms with E-state index in [4.69, 9.17) is 4.74 Å². The van der Waals surface area contributed by atoms with Crippen molar-refractivity contribution in [3.8, 4) is 33.9 Å². The highest BCUT2D eigenvalue weighted by atomic mass is 16.5. The maximum absolute atomic E-state index is 6.31. The van der Waals surface area contributed by atoms with Crippen molar-refractivity contribution in [2.45, 2.75) is 6.92 Å². The molecule has 0 saturated carbocycles. The van der Waals surface area contributed by atoms with Crippen molar-refractivity contribution in [2.24, 2.45) is 0 Å². The maximum Gasteiger partial charge on any atom is 0.136 e. The molecule has 1 N–H and O–H groups in total. The molecule has 0 saturated heterocycles. The molecule has 1 aromatic heterocycles. The van der Waals surface area contributed by atoms with Crippen LogP contribution in [-0.2, 0) is 0 Å². The summed E-state index contributed by atoms with van der Waals surface area (Å²) < 4.78 is 6.31. The van der Waals surface area contributed by atoms with Crippen molar-refractivity contribution in [3.63, 3.8) is 0 Å². The largest absolute Gasteiger partial charge is 0.456 e. The van der Waals surface area contributed by atoms with Crippen LogP contribution in [0.15, 0.2) is 78.9 Å². The van der Waals surface area contributed by atoms with Crippen molar-refractivity contribution in [3.05, 3.63) is 84.4 Å². The second-order valence-electron chi connectivity index (χ2n) is 7.18. The van der Waals surface area contributed by atoms with Crippen LogP contribution in [0.4, 0.5) is 0 Å². The number of ether oxygens (including phenoxy) is 1. The first-order valence-corrected chi connectivity index (χ1v) is 9.21. The zero-order chi connectivity index (χ0) is 18.0. The Morgan fingerprint density at radius 2 is 1.52 bits per heavy atom. The first kappa shape index (κ1) is 14.6. The van der Waals surface area contributed by atoms with E-state index in [0.29, 0.717) is 0 Å². The maximum atomic E-state index is 6.31. The molecular weight excluding hydrogens is 330 g/mol. The fourth-order valence-electron chi connectivity index (χ4n) is 4.23. The van der Waals surface area contributed by atoms with Crippen LogP contribution in [-0.4, -0.2) is 4.98 Å². The second-order valence-corrected chi connectivity index (χ2v) is 7.18. The standard InChI is InChI=1S/C25H17NO/c1-15-10-13-22-20(14-15)25-23(18-8-4-5-9-21(18)27-22)19-12-11-16-6-2-3-7-17(16)24(19)26-25/h2-14,26H,1H3. The summed E-state index contributed by atoms with van der Waals surface area (Å²) in [5, 5.41) is 3.72. The number of aromatic amines is 1. The van der Waals surface area contributed by atoms with Gasteiger partial charge in [-0.05, 0) is 30.5 Å². The summed E-state index contributed by atoms with van der Waals surface area (Å²) in [5.74, 6) is 1.79. The molecule has 6 rings (SSSR count). The van der Waals surface area contributed by atoms with E-state index >= 15 is 0 Å². The summed E-state index contributed by atoms with van der Waals surface area (Å²) in [6.07, 6.45) is 0. The average molecular weight is 347 g/mol. The third kappa shape index (κ3) is 2.01. The van der Waals surface area contributed by atoms with Gasteiger partial charge in [0.1, 0.15) is 11.5 Å². The van der Waals surface area contributed by atoms with Gasteiger partial charge in [0.2, 0.25) is 0 Å². The van der Waals surface area contributed by atoms with Gasteiger partial charge in [0, 0.05) is 27.5 Å². The van der Waals surface area contributed by atoms with Crippen molar-refractivity contribution in [2.75, 3.05) is 0 Å². The van der Waals surface area contributed by atoms with E-state index in [-0.39, 0.29) is 0 Å². The van der Waals surface area contributed by atoms with E-state index in [1.165, 1.54) is 32.8 Å². The Labute approximate surface area is 157 Å². The number of rotatable bonds is 0. The number of H-pyrrole nitrogens is 1. The minimum Gasteiger partial charge on any atom is -0.456 e. The Bertz CT molecular complexity index is 1360. The molecule has 1 aliphatic heterocycles. The third-order valence-electron chi connectivity index (χ3n) is 5.48. The number of aryl methyl sites for hydroxylation is 1. The van der Waals surface area contributed by atoms with Crippen molar-refractivity contribution < 1.29 is 4.74 Å². The number of aromatic nitrogens is 1. The topological polar surface area (TPSA) is 25.0 Å². The molecule has 1 aliphatic rings. The SMILES string of the molecule is Cc1ccc2c(c1)-c1[nH]c3c(ccc4ccccc43)c1-c1ccccc1O2. The lowest BCUT2D eigenvalue weighted by Gasteiger charge is -2.10. The highest BCUT2D eigenvalue weighted by Gasteiger charge is 2.25. The van der Waals surface area contributed by atoms with Gasteiger partial charge in [-0.1, -0.05) is 66.2 Å². The number of nitrogens with one attached hydrogen (secondary N) is 1. The molecular formula is C25H17NO. The van der Waals surface area contributed by atoms with Crippen LogP contribution < -0.4 is 4.74 Å². The Morgan fingerprint density at radius 1 is 0.704 bits per heavy atom. The highest BCUT2D eigenvalue weighted by Crippen LogP contribution is 2.50. The fourth-order valence-corrected chi connectivity index (χ4v) is 4.23. The Hall–Kier alpha value is -3.52. The van der Waals surface area contributed by atoms with Crippen molar-refractivity contribution >= 4 is 21.7 Å². The lowest BCUT2D eigenvalue weighted by Crippen LogP contribution is -1.87. The van der Waals surface area contributed by atoms with Gasteiger partial charge in [0.25, 0.3) is 0 Å². The van der Waals surface area contributed by atoms with E-state index in [2.05, 4.69) is 78.6 Å². The van der Waals surface area contributed by atoms with Crippen LogP contribution in [0.25, 0.3) is 44.1 Å². The zero-order valence-electron chi connectivity index (χ0n) is 14.9. The first-order chi connectivity index (χ1) is 13.3. The lowest BCUT2D eigenvalue weighted by molar-refractivity contribution is 0.487. The van der Waals surface area contributed by atoms with Crippen molar-refractivity contribution in [1.29, 1.82) is 0 Å². The summed E-state index contributed by atoms with van der Waals surface area (Å²) in [6, 6.07) is 27.7. The molecule has 0 aliphatic carbocycles. The second kappa shape index (κ2) is 5.24. The van der Waals surface area contributed by atoms with Gasteiger partial charge in [-0.3, -0.25) is 0 Å². The molecule has 0 unspecified atom stereocenters. The third-order valence-corrected chi connectivity index (χ3v) is 5.48. The minimum atomic E-state index is 0.891. The number of hydrogen-bond donors (Lipinski definition) is 1. The number of benzene rings is 4. The first-order valence-electron chi connectivity index (χ1n) is 9.21. The normalized spacial score (nSPS) is 12.2. The molecule has 27 heavy (non-hydrogen) atoms. The highest BCUT2D eigenvalue weighted by molar-refractivity contribution is 6.15. The molecule has 2 heterocycles. The Kier molecular flexibility index (Phi) is 2.84. The van der Waals surface area contributed by atoms with Crippen LogP contribution in [0.5, 0.6) is 11.5 Å². The molecule has 0 spiro atoms. The molecule has 2 nitrogen and oxygen atoms in total. The number of fused-ring (bicyclic) bond motifs is 9. The smallest absolute Gasteiger partial charge is 0.136 e. The van der Waals surface area contributed by atoms with Gasteiger partial charge in [-0.25, -0.2) is 0 Å². The molecule has 128 valence electrons. The lowest BCUT2D eigenvalue weighted by atomic mass is 9.96. The molecule has 2 heteroatoms. The molecule has 0 radical (unpaired) electrons. The Balaban J connectivity index is 1.84. The number of hydrogen-bond acceptors (Lipinski definition) is 1. The van der Waals surface area contributed by atoms with Crippen LogP contribution in [0.1, 0.15) is 5.56 Å². The predicted octanol–water partition coefficient (Wildman–Crippen LogP) is 7.07. The van der Waals surface area contributed by atoms with Gasteiger partial charge in [0.15, 0.2) is 0 Å². The summed E-state index contributed by atoms with van der Waals surface area (Å²) in [7, 11) is 0. The van der Waals surface area contributed by atoms with Crippen LogP contribution in [0, 0.1) is 6.92 Å². The molecule has 5 aromatic rings. The quantitative estimate of drug-likeness (QED) is 0.312. The van der Waals surface area contributed by atoms with Gasteiger partial charge in [0.05, 0.1) is 11.2 Å². The van der Waals surface area contributed by atoms with Gasteiger partial charge in [-0.2, -0.15) is 0 Å². The Morgan fingerprint density at radius 3 is 2.48 bits per heavy atom. The fraction of sp³-hybridized carbons (Fsp3) is 0.0400. The van der Waals surface area contributed by atoms with E-state index < -0.39 is 0 Å². The van der Waals surface area contributed by atoms with Crippen LogP contribution >= 0.6 is 0 Å². The average Bonchev–Trinajstić information content (AvgIpc) is 3.03. The molecule has 0 amide bonds. The van der Waals surface area contributed by atoms with E-state index in [9.17, 15) is 0 Å².